The molecule has 4 aromatic carbocycles. The maximum absolute atomic E-state index is 10.6. The van der Waals surface area contributed by atoms with Crippen molar-refractivity contribution in [1.82, 2.24) is 0 Å². The fourth-order valence-corrected chi connectivity index (χ4v) is 12.6. The lowest BCUT2D eigenvalue weighted by Crippen LogP contribution is -2.41. The van der Waals surface area contributed by atoms with Crippen LogP contribution in [0, 0.1) is 36.5 Å². The third kappa shape index (κ3) is 9.41. The lowest BCUT2D eigenvalue weighted by molar-refractivity contribution is 0.126. The zero-order valence-electron chi connectivity index (χ0n) is 36.5. The molecule has 2 atom stereocenters. The molecule has 0 saturated heterocycles. The van der Waals surface area contributed by atoms with E-state index < -0.39 is 0 Å². The van der Waals surface area contributed by atoms with E-state index in [0.29, 0.717) is 33.4 Å². The SMILES string of the molecule is CC1CC(C)(C)CC(c2cc(Cl)c(O)c(C(C)C)c2)(c2cc(Cl)c(O)c(C(C)C)c2)C1.Cc1cc(C2(c3cc(C)c(O)c(Br)c3)CC(C)CC(C)(C)C2)cc(Br)c1O. The number of hydrogen-bond donors (Lipinski definition) is 4. The van der Waals surface area contributed by atoms with Gasteiger partial charge in [-0.15, -0.1) is 0 Å². The Balaban J connectivity index is 0.000000223. The van der Waals surface area contributed by atoms with E-state index in [4.69, 9.17) is 23.2 Å². The summed E-state index contributed by atoms with van der Waals surface area (Å²) in [6.07, 6.45) is 6.34. The van der Waals surface area contributed by atoms with E-state index in [9.17, 15) is 20.4 Å². The Labute approximate surface area is 375 Å². The van der Waals surface area contributed by atoms with Crippen LogP contribution in [0.4, 0.5) is 0 Å². The number of aromatic hydroxyl groups is 4. The second kappa shape index (κ2) is 17.2. The minimum absolute atomic E-state index is 0.127. The van der Waals surface area contributed by atoms with Crippen LogP contribution >= 0.6 is 55.1 Å². The second-order valence-electron chi connectivity index (χ2n) is 20.2. The average Bonchev–Trinajstić information content (AvgIpc) is 3.09. The first-order valence-electron chi connectivity index (χ1n) is 20.8. The van der Waals surface area contributed by atoms with Gasteiger partial charge in [0.2, 0.25) is 0 Å². The molecular weight excluding hydrogens is 895 g/mol. The number of phenolic OH excluding ortho intramolecular Hbond substituents is 4. The Morgan fingerprint density at radius 1 is 0.517 bits per heavy atom. The molecule has 2 saturated carbocycles. The molecule has 0 bridgehead atoms. The van der Waals surface area contributed by atoms with Gasteiger partial charge in [-0.1, -0.05) is 117 Å². The molecule has 4 nitrogen and oxygen atoms in total. The van der Waals surface area contributed by atoms with E-state index in [2.05, 4.69) is 137 Å². The van der Waals surface area contributed by atoms with Crippen LogP contribution in [0.5, 0.6) is 23.0 Å². The van der Waals surface area contributed by atoms with Crippen molar-refractivity contribution in [3.63, 3.8) is 0 Å². The summed E-state index contributed by atoms with van der Waals surface area (Å²) in [4.78, 5) is 0. The Bertz CT molecular complexity index is 2000. The standard InChI is InChI=1S/C27H36Cl2O2.C23H28Br2O2/c1-15(2)20-8-18(10-22(28)24(20)30)27(13-17(5)12-26(6,7)14-27)19-9-21(16(3)4)25(31)23(29)11-19;1-13-10-22(4,5)12-23(11-13,16-6-14(2)20(26)18(24)8-16)17-7-15(3)21(27)19(25)9-17/h8-11,15-17,30-31H,12-14H2,1-7H3;6-9,13,26-27H,10-12H2,1-5H3. The molecule has 58 heavy (non-hydrogen) atoms. The maximum Gasteiger partial charge on any atom is 0.137 e. The predicted octanol–water partition coefficient (Wildman–Crippen LogP) is 16.2. The van der Waals surface area contributed by atoms with E-state index in [1.807, 2.05) is 26.0 Å². The van der Waals surface area contributed by atoms with Crippen molar-refractivity contribution in [2.75, 3.05) is 0 Å². The number of aryl methyl sites for hydroxylation is 2. The third-order valence-electron chi connectivity index (χ3n) is 12.9. The summed E-state index contributed by atoms with van der Waals surface area (Å²) < 4.78 is 1.48. The van der Waals surface area contributed by atoms with Crippen molar-refractivity contribution in [2.24, 2.45) is 22.7 Å². The number of phenols is 4. The molecule has 0 spiro atoms. The van der Waals surface area contributed by atoms with E-state index in [1.165, 1.54) is 17.5 Å². The van der Waals surface area contributed by atoms with Crippen molar-refractivity contribution >= 4 is 55.1 Å². The Morgan fingerprint density at radius 3 is 1.10 bits per heavy atom. The molecule has 0 heterocycles. The summed E-state index contributed by atoms with van der Waals surface area (Å²) >= 11 is 20.2. The maximum atomic E-state index is 10.6. The van der Waals surface area contributed by atoms with Gasteiger partial charge in [-0.25, -0.2) is 0 Å². The highest BCUT2D eigenvalue weighted by Gasteiger charge is 2.47. The van der Waals surface area contributed by atoms with Gasteiger partial charge in [0.1, 0.15) is 23.0 Å². The van der Waals surface area contributed by atoms with Crippen LogP contribution in [0.25, 0.3) is 0 Å². The third-order valence-corrected chi connectivity index (χ3v) is 14.7. The van der Waals surface area contributed by atoms with Crippen LogP contribution in [0.1, 0.15) is 164 Å². The number of benzene rings is 4. The van der Waals surface area contributed by atoms with Gasteiger partial charge in [-0.2, -0.15) is 0 Å². The molecule has 0 radical (unpaired) electrons. The fraction of sp³-hybridized carbons (Fsp3) is 0.520. The molecule has 0 aliphatic heterocycles. The van der Waals surface area contributed by atoms with E-state index in [0.717, 1.165) is 74.4 Å². The van der Waals surface area contributed by atoms with E-state index in [1.54, 1.807) is 0 Å². The van der Waals surface area contributed by atoms with Gasteiger partial charge >= 0.3 is 0 Å². The first-order valence-corrected chi connectivity index (χ1v) is 23.1. The highest BCUT2D eigenvalue weighted by atomic mass is 79.9. The Morgan fingerprint density at radius 2 is 0.828 bits per heavy atom. The minimum Gasteiger partial charge on any atom is -0.506 e. The summed E-state index contributed by atoms with van der Waals surface area (Å²) in [5.41, 5.74) is 8.04. The van der Waals surface area contributed by atoms with Gasteiger partial charge in [0.25, 0.3) is 0 Å². The molecule has 2 unspecified atom stereocenters. The number of hydrogen-bond acceptors (Lipinski definition) is 4. The summed E-state index contributed by atoms with van der Waals surface area (Å²) in [5, 5.41) is 42.6. The Kier molecular flexibility index (Phi) is 13.8. The molecule has 0 amide bonds. The zero-order valence-corrected chi connectivity index (χ0v) is 41.2. The van der Waals surface area contributed by atoms with Gasteiger partial charge < -0.3 is 20.4 Å². The van der Waals surface area contributed by atoms with Gasteiger partial charge in [0.05, 0.1) is 19.0 Å². The molecule has 2 aliphatic rings. The molecular formula is C50H64Br2Cl2O4. The summed E-state index contributed by atoms with van der Waals surface area (Å²) in [6, 6.07) is 16.6. The van der Waals surface area contributed by atoms with Gasteiger partial charge in [0, 0.05) is 10.8 Å². The van der Waals surface area contributed by atoms with Crippen molar-refractivity contribution in [3.05, 3.63) is 112 Å². The largest absolute Gasteiger partial charge is 0.506 e. The normalized spacial score (nSPS) is 20.8. The smallest absolute Gasteiger partial charge is 0.137 e. The zero-order chi connectivity index (χ0) is 43.4. The molecule has 8 heteroatoms. The molecule has 0 aromatic heterocycles. The van der Waals surface area contributed by atoms with Crippen LogP contribution in [0.2, 0.25) is 10.0 Å². The molecule has 316 valence electrons. The molecule has 4 aromatic rings. The monoisotopic (exact) mass is 956 g/mol. The Hall–Kier alpha value is -2.38. The van der Waals surface area contributed by atoms with Crippen LogP contribution < -0.4 is 0 Å². The average molecular weight is 960 g/mol. The van der Waals surface area contributed by atoms with Gasteiger partial charge in [-0.3, -0.25) is 0 Å². The van der Waals surface area contributed by atoms with Crippen molar-refractivity contribution in [1.29, 1.82) is 0 Å². The summed E-state index contributed by atoms with van der Waals surface area (Å²) in [5.74, 6) is 2.34. The first kappa shape index (κ1) is 46.7. The highest BCUT2D eigenvalue weighted by molar-refractivity contribution is 9.11. The lowest BCUT2D eigenvalue weighted by atomic mass is 9.55. The minimum atomic E-state index is -0.302. The van der Waals surface area contributed by atoms with Crippen LogP contribution in [-0.2, 0) is 10.8 Å². The van der Waals surface area contributed by atoms with Crippen LogP contribution in [0.3, 0.4) is 0 Å². The van der Waals surface area contributed by atoms with Crippen molar-refractivity contribution < 1.29 is 20.4 Å². The molecule has 6 rings (SSSR count). The second-order valence-corrected chi connectivity index (χ2v) is 22.7. The van der Waals surface area contributed by atoms with Crippen molar-refractivity contribution in [2.45, 2.75) is 144 Å². The molecule has 2 fully saturated rings. The van der Waals surface area contributed by atoms with Gasteiger partial charge in [0.15, 0.2) is 0 Å². The quantitative estimate of drug-likeness (QED) is 0.155. The van der Waals surface area contributed by atoms with Crippen molar-refractivity contribution in [3.8, 4) is 23.0 Å². The summed E-state index contributed by atoms with van der Waals surface area (Å²) in [6.45, 7) is 26.2. The molecule has 4 N–H and O–H groups in total. The fourth-order valence-electron chi connectivity index (χ4n) is 11.1. The lowest BCUT2D eigenvalue weighted by Gasteiger charge is -2.49. The van der Waals surface area contributed by atoms with Gasteiger partial charge in [-0.05, 0) is 188 Å². The first-order chi connectivity index (χ1) is 26.7. The predicted molar refractivity (Wildman–Crippen MR) is 251 cm³/mol. The van der Waals surface area contributed by atoms with Crippen LogP contribution in [0.15, 0.2) is 57.5 Å². The van der Waals surface area contributed by atoms with E-state index in [-0.39, 0.29) is 45.0 Å². The number of halogens is 4. The molecule has 2 aliphatic carbocycles. The highest BCUT2D eigenvalue weighted by Crippen LogP contribution is 2.57. The van der Waals surface area contributed by atoms with Crippen LogP contribution in [-0.4, -0.2) is 20.4 Å². The summed E-state index contributed by atoms with van der Waals surface area (Å²) in [7, 11) is 0. The van der Waals surface area contributed by atoms with E-state index >= 15 is 0 Å². The topological polar surface area (TPSA) is 80.9 Å². The number of rotatable bonds is 6.